The second-order valence-electron chi connectivity index (χ2n) is 5.99. The molecule has 2 aromatic rings. The van der Waals surface area contributed by atoms with Crippen molar-refractivity contribution in [2.75, 3.05) is 13.7 Å². The highest BCUT2D eigenvalue weighted by atomic mass is 16.5. The molecule has 1 saturated heterocycles. The van der Waals surface area contributed by atoms with Crippen LogP contribution in [-0.2, 0) is 20.9 Å². The van der Waals surface area contributed by atoms with Gasteiger partial charge in [0.1, 0.15) is 6.61 Å². The van der Waals surface area contributed by atoms with Crippen molar-refractivity contribution in [3.05, 3.63) is 47.1 Å². The summed E-state index contributed by atoms with van der Waals surface area (Å²) in [5, 5.41) is 6.49. The predicted molar refractivity (Wildman–Crippen MR) is 87.3 cm³/mol. The van der Waals surface area contributed by atoms with Gasteiger partial charge in [0.2, 0.25) is 11.8 Å². The van der Waals surface area contributed by atoms with Gasteiger partial charge in [-0.25, -0.2) is 0 Å². The normalized spacial score (nSPS) is 20.6. The molecule has 1 fully saturated rings. The van der Waals surface area contributed by atoms with Crippen molar-refractivity contribution in [1.29, 1.82) is 0 Å². The number of carbonyl (C=O) groups is 2. The second kappa shape index (κ2) is 7.02. The second-order valence-corrected chi connectivity index (χ2v) is 5.99. The highest BCUT2D eigenvalue weighted by Gasteiger charge is 2.40. The molecule has 1 aromatic heterocycles. The maximum Gasteiger partial charge on any atom is 0.252 e. The third-order valence-electron chi connectivity index (χ3n) is 4.24. The maximum atomic E-state index is 12.7. The van der Waals surface area contributed by atoms with Crippen LogP contribution in [0.4, 0.5) is 0 Å². The van der Waals surface area contributed by atoms with E-state index in [0.717, 1.165) is 11.1 Å². The number of amides is 2. The molecular weight excluding hydrogens is 324 g/mol. The minimum Gasteiger partial charge on any atom is -0.356 e. The molecule has 2 atom stereocenters. The Balaban J connectivity index is 1.80. The Bertz CT molecular complexity index is 788. The van der Waals surface area contributed by atoms with Crippen LogP contribution in [0.25, 0.3) is 0 Å². The van der Waals surface area contributed by atoms with Crippen molar-refractivity contribution >= 4 is 11.8 Å². The van der Waals surface area contributed by atoms with Crippen LogP contribution in [0.3, 0.4) is 0 Å². The Hall–Kier alpha value is -2.74. The van der Waals surface area contributed by atoms with Gasteiger partial charge < -0.3 is 19.5 Å². The zero-order valence-corrected chi connectivity index (χ0v) is 14.4. The van der Waals surface area contributed by atoms with Gasteiger partial charge in [0, 0.05) is 14.0 Å². The summed E-state index contributed by atoms with van der Waals surface area (Å²) in [5.74, 6) is 0.334. The molecule has 2 amide bonds. The molecular formula is C17H20N4O4. The van der Waals surface area contributed by atoms with E-state index in [2.05, 4.69) is 15.5 Å². The molecule has 2 heterocycles. The van der Waals surface area contributed by atoms with Crippen LogP contribution in [0.1, 0.15) is 28.9 Å². The fraction of sp³-hybridized carbons (Fsp3) is 0.412. The zero-order chi connectivity index (χ0) is 18.0. The molecule has 132 valence electrons. The number of carbonyl (C=O) groups excluding carboxylic acids is 2. The minimum absolute atomic E-state index is 0.127. The summed E-state index contributed by atoms with van der Waals surface area (Å²) >= 11 is 0. The van der Waals surface area contributed by atoms with Gasteiger partial charge >= 0.3 is 0 Å². The predicted octanol–water partition coefficient (Wildman–Crippen LogP) is 0.901. The molecule has 0 aliphatic carbocycles. The van der Waals surface area contributed by atoms with E-state index >= 15 is 0 Å². The number of rotatable bonds is 4. The van der Waals surface area contributed by atoms with E-state index in [9.17, 15) is 9.59 Å². The lowest BCUT2D eigenvalue weighted by molar-refractivity contribution is -0.162. The van der Waals surface area contributed by atoms with Crippen molar-refractivity contribution in [2.24, 2.45) is 0 Å². The van der Waals surface area contributed by atoms with Crippen LogP contribution >= 0.6 is 0 Å². The van der Waals surface area contributed by atoms with Gasteiger partial charge in [-0.05, 0) is 18.1 Å². The van der Waals surface area contributed by atoms with Crippen molar-refractivity contribution in [1.82, 2.24) is 20.4 Å². The number of aryl methyl sites for hydroxylation is 2. The molecule has 25 heavy (non-hydrogen) atoms. The standard InChI is InChI=1S/C17H20N4O4/c1-10-6-4-5-7-12(10)15-16(24-9-14(22)21(15)3)17(23)18-8-13-19-11(2)25-20-13/h4-7,15-16H,8-9H2,1-3H3,(H,18,23). The summed E-state index contributed by atoms with van der Waals surface area (Å²) in [7, 11) is 1.69. The Kier molecular flexibility index (Phi) is 4.80. The van der Waals surface area contributed by atoms with Gasteiger partial charge in [-0.3, -0.25) is 9.59 Å². The van der Waals surface area contributed by atoms with Crippen molar-refractivity contribution in [3.63, 3.8) is 0 Å². The fourth-order valence-corrected chi connectivity index (χ4v) is 2.90. The first-order valence-corrected chi connectivity index (χ1v) is 7.97. The van der Waals surface area contributed by atoms with E-state index in [0.29, 0.717) is 11.7 Å². The Morgan fingerprint density at radius 3 is 2.80 bits per heavy atom. The van der Waals surface area contributed by atoms with E-state index < -0.39 is 12.1 Å². The fourth-order valence-electron chi connectivity index (χ4n) is 2.90. The quantitative estimate of drug-likeness (QED) is 0.885. The first kappa shape index (κ1) is 17.1. The summed E-state index contributed by atoms with van der Waals surface area (Å²) in [6, 6.07) is 7.15. The van der Waals surface area contributed by atoms with Crippen LogP contribution in [-0.4, -0.2) is 46.6 Å². The number of likely N-dealkylation sites (N-methyl/N-ethyl adjacent to an activating group) is 1. The van der Waals surface area contributed by atoms with E-state index in [4.69, 9.17) is 9.26 Å². The molecule has 2 unspecified atom stereocenters. The summed E-state index contributed by atoms with van der Waals surface area (Å²) in [6.45, 7) is 3.63. The average Bonchev–Trinajstić information content (AvgIpc) is 3.01. The first-order valence-electron chi connectivity index (χ1n) is 7.97. The topological polar surface area (TPSA) is 97.6 Å². The van der Waals surface area contributed by atoms with Crippen LogP contribution in [0.15, 0.2) is 28.8 Å². The monoisotopic (exact) mass is 344 g/mol. The van der Waals surface area contributed by atoms with Gasteiger partial charge in [-0.2, -0.15) is 4.98 Å². The van der Waals surface area contributed by atoms with E-state index in [1.807, 2.05) is 31.2 Å². The third-order valence-corrected chi connectivity index (χ3v) is 4.24. The molecule has 3 rings (SSSR count). The Morgan fingerprint density at radius 1 is 1.36 bits per heavy atom. The van der Waals surface area contributed by atoms with Crippen LogP contribution < -0.4 is 5.32 Å². The van der Waals surface area contributed by atoms with E-state index in [-0.39, 0.29) is 25.0 Å². The maximum absolute atomic E-state index is 12.7. The van der Waals surface area contributed by atoms with Crippen molar-refractivity contribution < 1.29 is 18.8 Å². The number of hydrogen-bond acceptors (Lipinski definition) is 6. The van der Waals surface area contributed by atoms with Gasteiger partial charge in [0.25, 0.3) is 5.91 Å². The van der Waals surface area contributed by atoms with Gasteiger partial charge in [-0.15, -0.1) is 0 Å². The van der Waals surface area contributed by atoms with Crippen LogP contribution in [0, 0.1) is 13.8 Å². The smallest absolute Gasteiger partial charge is 0.252 e. The molecule has 0 spiro atoms. The van der Waals surface area contributed by atoms with Gasteiger partial charge in [0.05, 0.1) is 12.6 Å². The largest absolute Gasteiger partial charge is 0.356 e. The lowest BCUT2D eigenvalue weighted by atomic mass is 9.94. The first-order chi connectivity index (χ1) is 12.0. The van der Waals surface area contributed by atoms with Crippen molar-refractivity contribution in [3.8, 4) is 0 Å². The SMILES string of the molecule is Cc1nc(CNC(=O)C2OCC(=O)N(C)C2c2ccccc2C)no1. The van der Waals surface area contributed by atoms with Gasteiger partial charge in [0.15, 0.2) is 11.9 Å². The molecule has 1 aromatic carbocycles. The number of nitrogens with one attached hydrogen (secondary N) is 1. The van der Waals surface area contributed by atoms with Gasteiger partial charge in [-0.1, -0.05) is 29.4 Å². The average molecular weight is 344 g/mol. The highest BCUT2D eigenvalue weighted by molar-refractivity contribution is 5.86. The molecule has 0 saturated carbocycles. The number of hydrogen-bond donors (Lipinski definition) is 1. The Morgan fingerprint density at radius 2 is 2.12 bits per heavy atom. The summed E-state index contributed by atoms with van der Waals surface area (Å²) in [5.41, 5.74) is 1.87. The summed E-state index contributed by atoms with van der Waals surface area (Å²) in [4.78, 5) is 30.4. The lowest BCUT2D eigenvalue weighted by Gasteiger charge is -2.38. The Labute approximate surface area is 145 Å². The molecule has 8 nitrogen and oxygen atoms in total. The van der Waals surface area contributed by atoms with E-state index in [1.165, 1.54) is 0 Å². The summed E-state index contributed by atoms with van der Waals surface area (Å²) in [6.07, 6.45) is -0.809. The van der Waals surface area contributed by atoms with E-state index in [1.54, 1.807) is 18.9 Å². The highest BCUT2D eigenvalue weighted by Crippen LogP contribution is 2.31. The van der Waals surface area contributed by atoms with Crippen molar-refractivity contribution in [2.45, 2.75) is 32.5 Å². The molecule has 8 heteroatoms. The lowest BCUT2D eigenvalue weighted by Crippen LogP contribution is -2.53. The number of morpholine rings is 1. The molecule has 1 aliphatic heterocycles. The molecule has 0 radical (unpaired) electrons. The third kappa shape index (κ3) is 3.53. The zero-order valence-electron chi connectivity index (χ0n) is 14.4. The van der Waals surface area contributed by atoms with Crippen LogP contribution in [0.5, 0.6) is 0 Å². The molecule has 1 N–H and O–H groups in total. The molecule has 1 aliphatic rings. The number of benzene rings is 1. The minimum atomic E-state index is -0.809. The number of aromatic nitrogens is 2. The molecule has 0 bridgehead atoms. The number of ether oxygens (including phenoxy) is 1. The summed E-state index contributed by atoms with van der Waals surface area (Å²) < 4.78 is 10.5. The number of nitrogens with zero attached hydrogens (tertiary/aromatic N) is 3. The van der Waals surface area contributed by atoms with Crippen LogP contribution in [0.2, 0.25) is 0 Å².